The van der Waals surface area contributed by atoms with Gasteiger partial charge in [0.2, 0.25) is 5.91 Å². The third-order valence-electron chi connectivity index (χ3n) is 2.42. The molecular formula is C12H15F2NO2. The molecule has 0 spiro atoms. The maximum Gasteiger partial charge on any atom is 0.216 e. The number of benzene rings is 1. The Morgan fingerprint density at radius 1 is 1.47 bits per heavy atom. The molecule has 0 aromatic heterocycles. The van der Waals surface area contributed by atoms with Crippen LogP contribution in [0.3, 0.4) is 0 Å². The van der Waals surface area contributed by atoms with Crippen molar-refractivity contribution in [2.75, 3.05) is 13.2 Å². The molecule has 0 fully saturated rings. The SMILES string of the molecule is CC(=O)NCC(CO)Cc1ccc(F)cc1F. The van der Waals surface area contributed by atoms with Crippen molar-refractivity contribution in [2.24, 2.45) is 5.92 Å². The Bertz CT molecular complexity index is 396. The minimum Gasteiger partial charge on any atom is -0.396 e. The Hall–Kier alpha value is -1.49. The van der Waals surface area contributed by atoms with Crippen LogP contribution in [0.4, 0.5) is 8.78 Å². The van der Waals surface area contributed by atoms with Gasteiger partial charge in [-0.3, -0.25) is 4.79 Å². The summed E-state index contributed by atoms with van der Waals surface area (Å²) in [5.41, 5.74) is 0.329. The zero-order valence-corrected chi connectivity index (χ0v) is 9.54. The Labute approximate surface area is 98.5 Å². The molecule has 0 aliphatic rings. The van der Waals surface area contributed by atoms with Crippen molar-refractivity contribution in [3.63, 3.8) is 0 Å². The Morgan fingerprint density at radius 3 is 2.71 bits per heavy atom. The van der Waals surface area contributed by atoms with Crippen LogP contribution in [0.1, 0.15) is 12.5 Å². The molecule has 0 bridgehead atoms. The molecule has 0 saturated carbocycles. The minimum atomic E-state index is -0.633. The first-order valence-corrected chi connectivity index (χ1v) is 5.32. The van der Waals surface area contributed by atoms with Gasteiger partial charge in [-0.1, -0.05) is 6.07 Å². The number of carbonyl (C=O) groups excluding carboxylic acids is 1. The summed E-state index contributed by atoms with van der Waals surface area (Å²) in [5, 5.41) is 11.7. The highest BCUT2D eigenvalue weighted by atomic mass is 19.1. The molecule has 0 heterocycles. The van der Waals surface area contributed by atoms with Crippen molar-refractivity contribution in [1.29, 1.82) is 0 Å². The van der Waals surface area contributed by atoms with E-state index in [4.69, 9.17) is 5.11 Å². The van der Waals surface area contributed by atoms with E-state index in [9.17, 15) is 13.6 Å². The molecule has 1 aromatic carbocycles. The lowest BCUT2D eigenvalue weighted by molar-refractivity contribution is -0.119. The first kappa shape index (κ1) is 13.6. The van der Waals surface area contributed by atoms with Crippen LogP contribution in [0.5, 0.6) is 0 Å². The van der Waals surface area contributed by atoms with Crippen LogP contribution in [-0.4, -0.2) is 24.2 Å². The number of carbonyl (C=O) groups is 1. The van der Waals surface area contributed by atoms with E-state index < -0.39 is 11.6 Å². The molecule has 0 radical (unpaired) electrons. The van der Waals surface area contributed by atoms with Crippen LogP contribution in [0.25, 0.3) is 0 Å². The number of hydrogen-bond donors (Lipinski definition) is 2. The van der Waals surface area contributed by atoms with Crippen LogP contribution >= 0.6 is 0 Å². The summed E-state index contributed by atoms with van der Waals surface area (Å²) in [6.07, 6.45) is 0.253. The van der Waals surface area contributed by atoms with Crippen molar-refractivity contribution in [2.45, 2.75) is 13.3 Å². The average Bonchev–Trinajstić information content (AvgIpc) is 2.26. The number of amides is 1. The third kappa shape index (κ3) is 4.48. The first-order valence-electron chi connectivity index (χ1n) is 5.32. The van der Waals surface area contributed by atoms with E-state index in [1.807, 2.05) is 0 Å². The highest BCUT2D eigenvalue weighted by Gasteiger charge is 2.12. The monoisotopic (exact) mass is 243 g/mol. The number of hydrogen-bond acceptors (Lipinski definition) is 2. The zero-order valence-electron chi connectivity index (χ0n) is 9.54. The van der Waals surface area contributed by atoms with Crippen molar-refractivity contribution < 1.29 is 18.7 Å². The van der Waals surface area contributed by atoms with Gasteiger partial charge < -0.3 is 10.4 Å². The third-order valence-corrected chi connectivity index (χ3v) is 2.42. The summed E-state index contributed by atoms with van der Waals surface area (Å²) in [4.78, 5) is 10.7. The highest BCUT2D eigenvalue weighted by Crippen LogP contribution is 2.14. The number of halogens is 2. The first-order chi connectivity index (χ1) is 8.02. The van der Waals surface area contributed by atoms with E-state index in [0.717, 1.165) is 6.07 Å². The molecular weight excluding hydrogens is 228 g/mol. The predicted molar refractivity (Wildman–Crippen MR) is 59.3 cm³/mol. The Morgan fingerprint density at radius 2 is 2.18 bits per heavy atom. The summed E-state index contributed by atoms with van der Waals surface area (Å²) in [7, 11) is 0. The standard InChI is InChI=1S/C12H15F2NO2/c1-8(17)15-6-9(7-16)4-10-2-3-11(13)5-12(10)14/h2-3,5,9,16H,4,6-7H2,1H3,(H,15,17). The molecule has 0 saturated heterocycles. The van der Waals surface area contributed by atoms with Gasteiger partial charge in [0.25, 0.3) is 0 Å². The fraction of sp³-hybridized carbons (Fsp3) is 0.417. The second-order valence-corrected chi connectivity index (χ2v) is 3.93. The van der Waals surface area contributed by atoms with Crippen molar-refractivity contribution in [3.8, 4) is 0 Å². The fourth-order valence-corrected chi connectivity index (χ4v) is 1.49. The van der Waals surface area contributed by atoms with Gasteiger partial charge in [0.15, 0.2) is 0 Å². The van der Waals surface area contributed by atoms with E-state index in [1.54, 1.807) is 0 Å². The maximum atomic E-state index is 13.3. The number of rotatable bonds is 5. The van der Waals surface area contributed by atoms with Gasteiger partial charge in [-0.2, -0.15) is 0 Å². The van der Waals surface area contributed by atoms with Crippen LogP contribution in [0.15, 0.2) is 18.2 Å². The molecule has 0 aliphatic heterocycles. The van der Waals surface area contributed by atoms with E-state index >= 15 is 0 Å². The lowest BCUT2D eigenvalue weighted by Crippen LogP contribution is -2.30. The van der Waals surface area contributed by atoms with Gasteiger partial charge in [0.05, 0.1) is 0 Å². The van der Waals surface area contributed by atoms with Crippen molar-refractivity contribution in [3.05, 3.63) is 35.4 Å². The van der Waals surface area contributed by atoms with Gasteiger partial charge >= 0.3 is 0 Å². The number of aliphatic hydroxyl groups excluding tert-OH is 1. The zero-order chi connectivity index (χ0) is 12.8. The Kier molecular flexibility index (Phi) is 5.03. The molecule has 5 heteroatoms. The number of aliphatic hydroxyl groups is 1. The van der Waals surface area contributed by atoms with Gasteiger partial charge in [-0.15, -0.1) is 0 Å². The second-order valence-electron chi connectivity index (χ2n) is 3.93. The van der Waals surface area contributed by atoms with E-state index in [-0.39, 0.29) is 31.4 Å². The largest absolute Gasteiger partial charge is 0.396 e. The molecule has 1 amide bonds. The molecule has 0 aliphatic carbocycles. The normalized spacial score (nSPS) is 12.2. The van der Waals surface area contributed by atoms with Gasteiger partial charge in [-0.05, 0) is 18.1 Å². The second kappa shape index (κ2) is 6.30. The predicted octanol–water partition coefficient (Wildman–Crippen LogP) is 1.25. The summed E-state index contributed by atoms with van der Waals surface area (Å²) in [5.74, 6) is -1.75. The van der Waals surface area contributed by atoms with Crippen LogP contribution < -0.4 is 5.32 Å². The average molecular weight is 243 g/mol. The van der Waals surface area contributed by atoms with Crippen LogP contribution in [-0.2, 0) is 11.2 Å². The van der Waals surface area contributed by atoms with E-state index in [2.05, 4.69) is 5.32 Å². The lowest BCUT2D eigenvalue weighted by atomic mass is 9.99. The molecule has 1 aromatic rings. The fourth-order valence-electron chi connectivity index (χ4n) is 1.49. The minimum absolute atomic E-state index is 0.170. The van der Waals surface area contributed by atoms with Crippen molar-refractivity contribution in [1.82, 2.24) is 5.32 Å². The molecule has 3 nitrogen and oxygen atoms in total. The molecule has 1 unspecified atom stereocenters. The summed E-state index contributed by atoms with van der Waals surface area (Å²) >= 11 is 0. The molecule has 1 atom stereocenters. The lowest BCUT2D eigenvalue weighted by Gasteiger charge is -2.14. The number of nitrogens with one attached hydrogen (secondary N) is 1. The summed E-state index contributed by atoms with van der Waals surface area (Å²) in [6.45, 7) is 1.46. The smallest absolute Gasteiger partial charge is 0.216 e. The maximum absolute atomic E-state index is 13.3. The van der Waals surface area contributed by atoms with Crippen molar-refractivity contribution >= 4 is 5.91 Å². The van der Waals surface area contributed by atoms with E-state index in [0.29, 0.717) is 5.56 Å². The molecule has 17 heavy (non-hydrogen) atoms. The summed E-state index contributed by atoms with van der Waals surface area (Å²) < 4.78 is 26.0. The Balaban J connectivity index is 2.63. The van der Waals surface area contributed by atoms with E-state index in [1.165, 1.54) is 19.1 Å². The van der Waals surface area contributed by atoms with Gasteiger partial charge in [-0.25, -0.2) is 8.78 Å². The van der Waals surface area contributed by atoms with Crippen LogP contribution in [0.2, 0.25) is 0 Å². The molecule has 2 N–H and O–H groups in total. The summed E-state index contributed by atoms with van der Waals surface area (Å²) in [6, 6.07) is 3.33. The highest BCUT2D eigenvalue weighted by molar-refractivity contribution is 5.72. The topological polar surface area (TPSA) is 49.3 Å². The molecule has 1 rings (SSSR count). The quantitative estimate of drug-likeness (QED) is 0.817. The van der Waals surface area contributed by atoms with Gasteiger partial charge in [0.1, 0.15) is 11.6 Å². The van der Waals surface area contributed by atoms with Gasteiger partial charge in [0, 0.05) is 32.1 Å². The van der Waals surface area contributed by atoms with Crippen LogP contribution in [0, 0.1) is 17.6 Å². The molecule has 94 valence electrons.